The molecule has 0 bridgehead atoms. The molecule has 0 radical (unpaired) electrons. The summed E-state index contributed by atoms with van der Waals surface area (Å²) >= 11 is 0. The minimum Gasteiger partial charge on any atom is -0.497 e. The van der Waals surface area contributed by atoms with Gasteiger partial charge in [-0.25, -0.2) is 0 Å². The Bertz CT molecular complexity index is 1200. The normalized spacial score (nSPS) is 22.9. The highest BCUT2D eigenvalue weighted by Gasteiger charge is 2.50. The van der Waals surface area contributed by atoms with Gasteiger partial charge in [-0.15, -0.1) is 0 Å². The first-order chi connectivity index (χ1) is 21.1. The molecule has 0 saturated carbocycles. The van der Waals surface area contributed by atoms with Gasteiger partial charge < -0.3 is 40.4 Å². The minimum atomic E-state index is -1.57. The highest BCUT2D eigenvalue weighted by Crippen LogP contribution is 2.31. The van der Waals surface area contributed by atoms with Gasteiger partial charge in [-0.1, -0.05) is 23.8 Å². The van der Waals surface area contributed by atoms with Crippen molar-refractivity contribution in [1.82, 2.24) is 20.9 Å². The molecule has 2 heterocycles. The summed E-state index contributed by atoms with van der Waals surface area (Å²) < 4.78 is 15.9. The molecular weight excluding hydrogens is 572 g/mol. The van der Waals surface area contributed by atoms with E-state index in [9.17, 15) is 29.4 Å². The number of nitrogens with one attached hydrogen (secondary N) is 3. The second-order valence-electron chi connectivity index (χ2n) is 11.7. The van der Waals surface area contributed by atoms with Gasteiger partial charge in [0.25, 0.3) is 0 Å². The van der Waals surface area contributed by atoms with Crippen LogP contribution in [0.3, 0.4) is 0 Å². The lowest BCUT2D eigenvalue weighted by Gasteiger charge is -2.29. The lowest BCUT2D eigenvalue weighted by molar-refractivity contribution is -0.137. The van der Waals surface area contributed by atoms with Crippen LogP contribution in [-0.2, 0) is 28.7 Å². The number of hydrogen-bond acceptors (Lipinski definition) is 10. The van der Waals surface area contributed by atoms with Crippen LogP contribution in [0.25, 0.3) is 0 Å². The molecule has 1 aromatic carbocycles. The van der Waals surface area contributed by atoms with Gasteiger partial charge in [-0.3, -0.25) is 24.1 Å². The molecule has 5 atom stereocenters. The number of allylic oxidation sites excluding steroid dienone is 1. The molecule has 2 saturated heterocycles. The van der Waals surface area contributed by atoms with Gasteiger partial charge in [0.05, 0.1) is 46.1 Å². The van der Waals surface area contributed by atoms with Crippen molar-refractivity contribution in [3.63, 3.8) is 0 Å². The number of carbonyl (C=O) groups is 4. The van der Waals surface area contributed by atoms with E-state index in [-0.39, 0.29) is 18.9 Å². The largest absolute Gasteiger partial charge is 0.497 e. The molecule has 3 amide bonds. The van der Waals surface area contributed by atoms with Crippen molar-refractivity contribution in [3.8, 4) is 5.75 Å². The number of Topliss-reactive ketones (excluding diaryl/α,β-unsaturated/α-hetero) is 1. The number of morpholine rings is 1. The van der Waals surface area contributed by atoms with Crippen molar-refractivity contribution in [1.29, 1.82) is 0 Å². The first-order valence-corrected chi connectivity index (χ1v) is 15.1. The van der Waals surface area contributed by atoms with E-state index in [0.717, 1.165) is 31.3 Å². The Morgan fingerprint density at radius 2 is 1.73 bits per heavy atom. The Morgan fingerprint density at radius 3 is 2.32 bits per heavy atom. The van der Waals surface area contributed by atoms with Crippen molar-refractivity contribution < 1.29 is 43.6 Å². The summed E-state index contributed by atoms with van der Waals surface area (Å²) in [6, 6.07) is 2.42. The number of carbonyl (C=O) groups excluding carboxylic acids is 4. The van der Waals surface area contributed by atoms with Crippen LogP contribution in [0.15, 0.2) is 35.9 Å². The number of benzene rings is 1. The van der Waals surface area contributed by atoms with Crippen LogP contribution >= 0.6 is 0 Å². The summed E-state index contributed by atoms with van der Waals surface area (Å²) in [6.45, 7) is 3.27. The minimum absolute atomic E-state index is 0.00596. The molecule has 0 spiro atoms. The van der Waals surface area contributed by atoms with E-state index in [4.69, 9.17) is 14.2 Å². The number of aliphatic hydroxyl groups is 2. The first-order valence-electron chi connectivity index (χ1n) is 15.1. The van der Waals surface area contributed by atoms with E-state index in [1.165, 1.54) is 7.11 Å². The number of nitrogens with zero attached hydrogens (tertiary/aromatic N) is 1. The van der Waals surface area contributed by atoms with Crippen LogP contribution in [0.5, 0.6) is 5.75 Å². The zero-order valence-electron chi connectivity index (χ0n) is 25.4. The molecular formula is C31H44N4O9. The Balaban J connectivity index is 1.52. The summed E-state index contributed by atoms with van der Waals surface area (Å²) in [6.07, 6.45) is 4.60. The van der Waals surface area contributed by atoms with E-state index >= 15 is 0 Å². The predicted molar refractivity (Wildman–Crippen MR) is 159 cm³/mol. The summed E-state index contributed by atoms with van der Waals surface area (Å²) in [5.41, 5.74) is 0.352. The number of amides is 3. The maximum Gasteiger partial charge on any atom is 0.246 e. The van der Waals surface area contributed by atoms with Crippen LogP contribution in [0.4, 0.5) is 0 Å². The highest BCUT2D eigenvalue weighted by atomic mass is 16.6. The third kappa shape index (κ3) is 9.08. The Morgan fingerprint density at radius 1 is 1.02 bits per heavy atom. The fourth-order valence-electron chi connectivity index (χ4n) is 5.37. The number of rotatable bonds is 15. The number of aliphatic hydroxyl groups excluding tert-OH is 2. The second kappa shape index (κ2) is 15.6. The third-order valence-electron chi connectivity index (χ3n) is 8.24. The molecule has 3 aliphatic rings. The number of epoxide rings is 1. The molecule has 4 rings (SSSR count). The number of methoxy groups -OCH3 is 1. The summed E-state index contributed by atoms with van der Waals surface area (Å²) in [5, 5.41) is 29.1. The average molecular weight is 617 g/mol. The van der Waals surface area contributed by atoms with Gasteiger partial charge in [-0.2, -0.15) is 0 Å². The van der Waals surface area contributed by atoms with Gasteiger partial charge in [0.1, 0.15) is 29.5 Å². The highest BCUT2D eigenvalue weighted by molar-refractivity contribution is 5.98. The molecule has 13 nitrogen and oxygen atoms in total. The molecule has 44 heavy (non-hydrogen) atoms. The van der Waals surface area contributed by atoms with Gasteiger partial charge in [0.2, 0.25) is 17.7 Å². The maximum absolute atomic E-state index is 13.8. The zero-order chi connectivity index (χ0) is 31.7. The molecule has 242 valence electrons. The van der Waals surface area contributed by atoms with Crippen LogP contribution in [0.2, 0.25) is 0 Å². The predicted octanol–water partition coefficient (Wildman–Crippen LogP) is -0.244. The van der Waals surface area contributed by atoms with Crippen LogP contribution in [-0.4, -0.2) is 116 Å². The Labute approximate surface area is 257 Å². The monoisotopic (exact) mass is 616 g/mol. The quantitative estimate of drug-likeness (QED) is 0.130. The van der Waals surface area contributed by atoms with Crippen LogP contribution < -0.4 is 20.7 Å². The average Bonchev–Trinajstić information content (AvgIpc) is 3.80. The van der Waals surface area contributed by atoms with Crippen molar-refractivity contribution >= 4 is 23.5 Å². The number of ether oxygens (including phenoxy) is 3. The van der Waals surface area contributed by atoms with Crippen LogP contribution in [0.1, 0.15) is 50.7 Å². The van der Waals surface area contributed by atoms with Crippen molar-refractivity contribution in [3.05, 3.63) is 41.5 Å². The lowest BCUT2D eigenvalue weighted by Crippen LogP contribution is -2.59. The van der Waals surface area contributed by atoms with Gasteiger partial charge in [-0.05, 0) is 56.7 Å². The van der Waals surface area contributed by atoms with E-state index in [1.54, 1.807) is 31.2 Å². The topological polar surface area (TPSA) is 179 Å². The Kier molecular flexibility index (Phi) is 11.9. The van der Waals surface area contributed by atoms with E-state index in [0.29, 0.717) is 44.0 Å². The SMILES string of the molecule is COc1ccc([C@@H](O)[C@H](NC(=O)[C@H](CO)NC(=O)CN2CCOCC2)C(=O)N[C@@H](CC2=CCCCC2)C(=O)[C@@]2(C)CO2)cc1. The Hall–Kier alpha value is -3.36. The van der Waals surface area contributed by atoms with E-state index < -0.39 is 54.2 Å². The van der Waals surface area contributed by atoms with Crippen molar-refractivity contribution in [2.45, 2.75) is 68.9 Å². The summed E-state index contributed by atoms with van der Waals surface area (Å²) in [7, 11) is 1.49. The molecule has 13 heteroatoms. The van der Waals surface area contributed by atoms with E-state index in [1.807, 2.05) is 4.90 Å². The third-order valence-corrected chi connectivity index (χ3v) is 8.24. The van der Waals surface area contributed by atoms with Crippen LogP contribution in [0, 0.1) is 0 Å². The lowest BCUT2D eigenvalue weighted by atomic mass is 9.89. The standard InChI is InChI=1S/C31H44N4O9/c1-31(19-44-31)28(39)23(16-20-6-4-3-5-7-20)33-30(41)26(27(38)21-8-10-22(42-2)11-9-21)34-29(40)24(18-36)32-25(37)17-35-12-14-43-15-13-35/h6,8-11,23-24,26-27,36,38H,3-5,7,12-19H2,1-2H3,(H,32,37)(H,33,41)(H,34,40)/t23-,24-,26-,27+,31+/m0/s1. The number of ketones is 1. The smallest absolute Gasteiger partial charge is 0.246 e. The number of hydrogen-bond donors (Lipinski definition) is 5. The maximum atomic E-state index is 13.8. The molecule has 5 N–H and O–H groups in total. The fourth-order valence-corrected chi connectivity index (χ4v) is 5.37. The molecule has 0 unspecified atom stereocenters. The summed E-state index contributed by atoms with van der Waals surface area (Å²) in [4.78, 5) is 55.1. The molecule has 1 aliphatic carbocycles. The van der Waals surface area contributed by atoms with Crippen molar-refractivity contribution in [2.24, 2.45) is 0 Å². The van der Waals surface area contributed by atoms with Gasteiger partial charge >= 0.3 is 0 Å². The second-order valence-corrected chi connectivity index (χ2v) is 11.7. The molecule has 0 aromatic heterocycles. The molecule has 2 fully saturated rings. The molecule has 1 aromatic rings. The first kappa shape index (κ1) is 33.5. The molecule has 2 aliphatic heterocycles. The summed E-state index contributed by atoms with van der Waals surface area (Å²) in [5.74, 6) is -1.91. The van der Waals surface area contributed by atoms with Gasteiger partial charge in [0, 0.05) is 13.1 Å². The van der Waals surface area contributed by atoms with Crippen molar-refractivity contribution in [2.75, 3.05) is 53.2 Å². The fraction of sp³-hybridized carbons (Fsp3) is 0.613. The van der Waals surface area contributed by atoms with E-state index in [2.05, 4.69) is 22.0 Å². The zero-order valence-corrected chi connectivity index (χ0v) is 25.4. The van der Waals surface area contributed by atoms with Gasteiger partial charge in [0.15, 0.2) is 5.78 Å².